The van der Waals surface area contributed by atoms with E-state index >= 15 is 0 Å². The number of nitriles is 1. The Balaban J connectivity index is 1.47. The van der Waals surface area contributed by atoms with Gasteiger partial charge in [-0.3, -0.25) is 0 Å². The molecule has 0 bridgehead atoms. The summed E-state index contributed by atoms with van der Waals surface area (Å²) in [5.41, 5.74) is 7.76. The Morgan fingerprint density at radius 2 is 1.68 bits per heavy atom. The fourth-order valence-corrected chi connectivity index (χ4v) is 4.38. The lowest BCUT2D eigenvalue weighted by molar-refractivity contribution is 0.0697. The van der Waals surface area contributed by atoms with Gasteiger partial charge in [0.1, 0.15) is 0 Å². The average molecular weight is 485 g/mol. The van der Waals surface area contributed by atoms with Crippen LogP contribution in [0.4, 0.5) is 5.69 Å². The summed E-state index contributed by atoms with van der Waals surface area (Å²) in [5, 5.41) is 22.1. The van der Waals surface area contributed by atoms with Gasteiger partial charge >= 0.3 is 5.97 Å². The maximum Gasteiger partial charge on any atom is 0.335 e. The highest BCUT2D eigenvalue weighted by atomic mass is 16.4. The lowest BCUT2D eigenvalue weighted by Crippen LogP contribution is -2.09. The van der Waals surface area contributed by atoms with E-state index in [0.29, 0.717) is 18.7 Å². The number of hydrogen-bond donors (Lipinski definition) is 2. The van der Waals surface area contributed by atoms with E-state index in [2.05, 4.69) is 33.1 Å². The number of nitrogens with one attached hydrogen (secondary N) is 1. The van der Waals surface area contributed by atoms with Gasteiger partial charge in [0.2, 0.25) is 0 Å². The van der Waals surface area contributed by atoms with Crippen molar-refractivity contribution in [2.24, 2.45) is 0 Å². The van der Waals surface area contributed by atoms with Crippen molar-refractivity contribution in [2.45, 2.75) is 13.1 Å². The minimum atomic E-state index is -0.951. The van der Waals surface area contributed by atoms with Crippen molar-refractivity contribution < 1.29 is 9.90 Å². The van der Waals surface area contributed by atoms with Crippen LogP contribution in [0.25, 0.3) is 22.3 Å². The van der Waals surface area contributed by atoms with Crippen LogP contribution in [0, 0.1) is 11.3 Å². The normalized spacial score (nSPS) is 10.6. The average Bonchev–Trinajstić information content (AvgIpc) is 3.39. The molecule has 1 heterocycles. The highest BCUT2D eigenvalue weighted by Crippen LogP contribution is 2.38. The van der Waals surface area contributed by atoms with Crippen LogP contribution in [0.1, 0.15) is 27.2 Å². The number of carboxylic acids is 1. The molecule has 0 aliphatic rings. The van der Waals surface area contributed by atoms with E-state index in [1.165, 1.54) is 0 Å². The van der Waals surface area contributed by atoms with Crippen molar-refractivity contribution in [3.8, 4) is 28.3 Å². The number of anilines is 1. The van der Waals surface area contributed by atoms with Crippen LogP contribution >= 0.6 is 0 Å². The first-order valence-corrected chi connectivity index (χ1v) is 11.9. The fourth-order valence-electron chi connectivity index (χ4n) is 4.38. The van der Waals surface area contributed by atoms with E-state index in [9.17, 15) is 9.90 Å². The van der Waals surface area contributed by atoms with E-state index in [4.69, 9.17) is 5.26 Å². The number of benzene rings is 4. The number of hydrogen-bond acceptors (Lipinski definition) is 4. The van der Waals surface area contributed by atoms with Crippen molar-refractivity contribution in [1.29, 1.82) is 5.26 Å². The van der Waals surface area contributed by atoms with Gasteiger partial charge in [0.25, 0.3) is 0 Å². The Hall–Kier alpha value is -5.15. The molecule has 1 aromatic heterocycles. The largest absolute Gasteiger partial charge is 0.478 e. The fraction of sp³-hybridized carbons (Fsp3) is 0.0645. The van der Waals surface area contributed by atoms with Crippen molar-refractivity contribution >= 4 is 11.7 Å². The number of nitrogens with zero attached hydrogens (tertiary/aromatic N) is 3. The quantitative estimate of drug-likeness (QED) is 0.264. The maximum absolute atomic E-state index is 11.6. The predicted octanol–water partition coefficient (Wildman–Crippen LogP) is 6.45. The first kappa shape index (κ1) is 23.6. The Morgan fingerprint density at radius 3 is 2.43 bits per heavy atom. The van der Waals surface area contributed by atoms with Crippen LogP contribution in [0.5, 0.6) is 0 Å². The van der Waals surface area contributed by atoms with Crippen LogP contribution in [0.2, 0.25) is 0 Å². The third kappa shape index (κ3) is 5.26. The zero-order chi connectivity index (χ0) is 25.6. The van der Waals surface area contributed by atoms with Crippen molar-refractivity contribution in [3.05, 3.63) is 132 Å². The number of aromatic carboxylic acids is 1. The van der Waals surface area contributed by atoms with Gasteiger partial charge in [0.05, 0.1) is 35.8 Å². The predicted molar refractivity (Wildman–Crippen MR) is 144 cm³/mol. The molecule has 0 fully saturated rings. The Bertz CT molecular complexity index is 1580. The molecule has 0 spiro atoms. The lowest BCUT2D eigenvalue weighted by Gasteiger charge is -2.18. The van der Waals surface area contributed by atoms with Gasteiger partial charge in [0, 0.05) is 24.0 Å². The smallest absolute Gasteiger partial charge is 0.335 e. The molecule has 37 heavy (non-hydrogen) atoms. The summed E-state index contributed by atoms with van der Waals surface area (Å²) in [5.74, 6) is -0.951. The van der Waals surface area contributed by atoms with Crippen molar-refractivity contribution in [3.63, 3.8) is 0 Å². The van der Waals surface area contributed by atoms with E-state index in [-0.39, 0.29) is 5.56 Å². The molecule has 0 aliphatic carbocycles. The molecule has 0 aliphatic heterocycles. The molecule has 0 saturated carbocycles. The molecule has 4 aromatic carbocycles. The Labute approximate surface area is 215 Å². The van der Waals surface area contributed by atoms with E-state index in [1.54, 1.807) is 24.5 Å². The summed E-state index contributed by atoms with van der Waals surface area (Å²) < 4.78 is 2.08. The number of aromatic nitrogens is 2. The summed E-state index contributed by atoms with van der Waals surface area (Å²) in [6.45, 7) is 1.20. The highest BCUT2D eigenvalue weighted by Gasteiger charge is 2.14. The lowest BCUT2D eigenvalue weighted by atomic mass is 9.92. The van der Waals surface area contributed by atoms with Crippen molar-refractivity contribution in [2.75, 3.05) is 5.32 Å². The standard InChI is InChI=1S/C31H24N4O2/c32-17-22-12-14-23(15-13-22)20-35-21-33-18-27(35)19-34-29-11-5-10-28(30(29)24-6-2-1-3-7-24)25-8-4-9-26(16-25)31(36)37/h1-16,18,21,34H,19-20H2,(H,36,37). The second-order valence-electron chi connectivity index (χ2n) is 8.66. The topological polar surface area (TPSA) is 90.9 Å². The van der Waals surface area contributed by atoms with E-state index in [0.717, 1.165) is 39.2 Å². The number of rotatable bonds is 8. The van der Waals surface area contributed by atoms with Gasteiger partial charge in [-0.05, 0) is 52.6 Å². The number of carbonyl (C=O) groups is 1. The summed E-state index contributed by atoms with van der Waals surface area (Å²) >= 11 is 0. The molecule has 0 radical (unpaired) electrons. The van der Waals surface area contributed by atoms with Crippen LogP contribution in [0.15, 0.2) is 110 Å². The molecule has 2 N–H and O–H groups in total. The zero-order valence-corrected chi connectivity index (χ0v) is 20.0. The summed E-state index contributed by atoms with van der Waals surface area (Å²) in [6.07, 6.45) is 3.65. The van der Waals surface area contributed by atoms with Gasteiger partial charge in [0.15, 0.2) is 0 Å². The first-order valence-electron chi connectivity index (χ1n) is 11.9. The molecule has 180 valence electrons. The monoisotopic (exact) mass is 484 g/mol. The Kier molecular flexibility index (Phi) is 6.78. The molecule has 0 unspecified atom stereocenters. The summed E-state index contributed by atoms with van der Waals surface area (Å²) in [4.78, 5) is 16.0. The SMILES string of the molecule is N#Cc1ccc(Cn2cncc2CNc2cccc(-c3cccc(C(=O)O)c3)c2-c2ccccc2)cc1. The molecule has 0 saturated heterocycles. The highest BCUT2D eigenvalue weighted by molar-refractivity contribution is 5.94. The number of imidazole rings is 1. The second-order valence-corrected chi connectivity index (χ2v) is 8.66. The van der Waals surface area contributed by atoms with Crippen LogP contribution in [-0.2, 0) is 13.1 Å². The summed E-state index contributed by atoms with van der Waals surface area (Å²) in [6, 6.07) is 32.8. The molecule has 5 aromatic rings. The van der Waals surface area contributed by atoms with E-state index in [1.807, 2.05) is 72.9 Å². The van der Waals surface area contributed by atoms with Crippen molar-refractivity contribution in [1.82, 2.24) is 9.55 Å². The minimum absolute atomic E-state index is 0.251. The Morgan fingerprint density at radius 1 is 0.919 bits per heavy atom. The molecular weight excluding hydrogens is 460 g/mol. The zero-order valence-electron chi connectivity index (χ0n) is 20.0. The number of carboxylic acid groups (broad SMARTS) is 1. The first-order chi connectivity index (χ1) is 18.1. The van der Waals surface area contributed by atoms with Crippen LogP contribution in [-0.4, -0.2) is 20.6 Å². The maximum atomic E-state index is 11.6. The van der Waals surface area contributed by atoms with Crippen LogP contribution < -0.4 is 5.32 Å². The molecule has 6 heteroatoms. The van der Waals surface area contributed by atoms with Crippen LogP contribution in [0.3, 0.4) is 0 Å². The van der Waals surface area contributed by atoms with Gasteiger partial charge in [-0.1, -0.05) is 66.7 Å². The molecule has 0 amide bonds. The molecule has 5 rings (SSSR count). The van der Waals surface area contributed by atoms with Gasteiger partial charge in [-0.25, -0.2) is 9.78 Å². The molecule has 6 nitrogen and oxygen atoms in total. The third-order valence-electron chi connectivity index (χ3n) is 6.24. The minimum Gasteiger partial charge on any atom is -0.478 e. The van der Waals surface area contributed by atoms with Gasteiger partial charge < -0.3 is 15.0 Å². The third-order valence-corrected chi connectivity index (χ3v) is 6.24. The van der Waals surface area contributed by atoms with Gasteiger partial charge in [-0.15, -0.1) is 0 Å². The molecular formula is C31H24N4O2. The van der Waals surface area contributed by atoms with E-state index < -0.39 is 5.97 Å². The second kappa shape index (κ2) is 10.6. The molecule has 0 atom stereocenters. The summed E-state index contributed by atoms with van der Waals surface area (Å²) in [7, 11) is 0. The van der Waals surface area contributed by atoms with Gasteiger partial charge in [-0.2, -0.15) is 5.26 Å².